The van der Waals surface area contributed by atoms with Crippen LogP contribution in [0.1, 0.15) is 51.9 Å². The predicted octanol–water partition coefficient (Wildman–Crippen LogP) is 3.94. The maximum atomic E-state index is 11.5. The molecule has 8 nitrogen and oxygen atoms in total. The SMILES string of the molecule is CC(C)(C)OC(=O)NCCCCC(NC(=O)O)c1nc(Br)c(Br)[nH]1. The van der Waals surface area contributed by atoms with Crippen molar-refractivity contribution in [1.82, 2.24) is 20.6 Å². The molecular formula is C14H22Br2N4O4. The first-order valence-corrected chi connectivity index (χ1v) is 9.04. The van der Waals surface area contributed by atoms with Crippen LogP contribution in [0.2, 0.25) is 0 Å². The summed E-state index contributed by atoms with van der Waals surface area (Å²) in [6, 6.07) is -0.452. The number of carbonyl (C=O) groups excluding carboxylic acids is 1. The van der Waals surface area contributed by atoms with Gasteiger partial charge in [-0.3, -0.25) is 0 Å². The lowest BCUT2D eigenvalue weighted by molar-refractivity contribution is 0.0527. The van der Waals surface area contributed by atoms with Crippen LogP contribution in [0.3, 0.4) is 0 Å². The van der Waals surface area contributed by atoms with Gasteiger partial charge >= 0.3 is 12.2 Å². The number of hydrogen-bond acceptors (Lipinski definition) is 4. The number of aromatic amines is 1. The van der Waals surface area contributed by atoms with Gasteiger partial charge in [-0.15, -0.1) is 0 Å². The van der Waals surface area contributed by atoms with Crippen LogP contribution >= 0.6 is 31.9 Å². The van der Waals surface area contributed by atoms with Crippen molar-refractivity contribution in [2.45, 2.75) is 51.7 Å². The average molecular weight is 470 g/mol. The van der Waals surface area contributed by atoms with Crippen LogP contribution in [-0.2, 0) is 4.74 Å². The molecule has 0 aliphatic rings. The van der Waals surface area contributed by atoms with Gasteiger partial charge in [-0.05, 0) is 71.9 Å². The van der Waals surface area contributed by atoms with E-state index in [1.165, 1.54) is 0 Å². The van der Waals surface area contributed by atoms with Gasteiger partial charge in [-0.25, -0.2) is 14.6 Å². The van der Waals surface area contributed by atoms with Gasteiger partial charge in [0.25, 0.3) is 0 Å². The number of alkyl carbamates (subject to hydrolysis) is 1. The molecule has 1 rings (SSSR count). The Morgan fingerprint density at radius 3 is 2.50 bits per heavy atom. The van der Waals surface area contributed by atoms with E-state index >= 15 is 0 Å². The van der Waals surface area contributed by atoms with Crippen LogP contribution in [0, 0.1) is 0 Å². The minimum absolute atomic E-state index is 0.452. The topological polar surface area (TPSA) is 116 Å². The molecular weight excluding hydrogens is 448 g/mol. The summed E-state index contributed by atoms with van der Waals surface area (Å²) >= 11 is 6.54. The van der Waals surface area contributed by atoms with Crippen LogP contribution in [0.4, 0.5) is 9.59 Å². The van der Waals surface area contributed by atoms with Crippen LogP contribution < -0.4 is 10.6 Å². The van der Waals surface area contributed by atoms with E-state index in [1.807, 2.05) is 0 Å². The van der Waals surface area contributed by atoms with Crippen LogP contribution in [-0.4, -0.2) is 39.4 Å². The van der Waals surface area contributed by atoms with E-state index in [0.717, 1.165) is 0 Å². The Morgan fingerprint density at radius 1 is 1.33 bits per heavy atom. The molecule has 0 radical (unpaired) electrons. The Hall–Kier alpha value is -1.29. The van der Waals surface area contributed by atoms with Gasteiger partial charge in [-0.1, -0.05) is 0 Å². The lowest BCUT2D eigenvalue weighted by Gasteiger charge is -2.19. The summed E-state index contributed by atoms with van der Waals surface area (Å²) in [7, 11) is 0. The fraction of sp³-hybridized carbons (Fsp3) is 0.643. The van der Waals surface area contributed by atoms with Gasteiger partial charge in [0.2, 0.25) is 0 Å². The zero-order valence-electron chi connectivity index (χ0n) is 13.8. The van der Waals surface area contributed by atoms with Gasteiger partial charge in [0.1, 0.15) is 20.6 Å². The van der Waals surface area contributed by atoms with E-state index in [-0.39, 0.29) is 0 Å². The largest absolute Gasteiger partial charge is 0.465 e. The molecule has 0 spiro atoms. The fourth-order valence-corrected chi connectivity index (χ4v) is 2.50. The summed E-state index contributed by atoms with van der Waals surface area (Å²) in [5.74, 6) is 0.524. The van der Waals surface area contributed by atoms with E-state index < -0.39 is 23.8 Å². The third-order valence-corrected chi connectivity index (χ3v) is 4.53. The van der Waals surface area contributed by atoms with E-state index in [2.05, 4.69) is 52.5 Å². The highest BCUT2D eigenvalue weighted by atomic mass is 79.9. The standard InChI is InChI=1S/C14H22Br2N4O4/c1-14(2,3)24-13(23)17-7-5-4-6-8(18-12(21)22)11-19-9(15)10(16)20-11/h8,18H,4-7H2,1-3H3,(H,17,23)(H,19,20)(H,21,22). The van der Waals surface area contributed by atoms with E-state index in [4.69, 9.17) is 9.84 Å². The first kappa shape index (κ1) is 20.8. The molecule has 1 heterocycles. The Balaban J connectivity index is 2.41. The van der Waals surface area contributed by atoms with Crippen molar-refractivity contribution in [3.05, 3.63) is 15.0 Å². The molecule has 0 saturated carbocycles. The third-order valence-electron chi connectivity index (χ3n) is 2.85. The van der Waals surface area contributed by atoms with Crippen molar-refractivity contribution >= 4 is 44.0 Å². The number of carbonyl (C=O) groups is 2. The first-order chi connectivity index (χ1) is 11.1. The molecule has 0 fully saturated rings. The quantitative estimate of drug-likeness (QED) is 0.451. The second kappa shape index (κ2) is 9.26. The van der Waals surface area contributed by atoms with Crippen LogP contribution in [0.15, 0.2) is 9.21 Å². The smallest absolute Gasteiger partial charge is 0.407 e. The second-order valence-corrected chi connectivity index (χ2v) is 7.70. The number of halogens is 2. The van der Waals surface area contributed by atoms with Crippen molar-refractivity contribution in [2.24, 2.45) is 0 Å². The first-order valence-electron chi connectivity index (χ1n) is 7.45. The molecule has 10 heteroatoms. The lowest BCUT2D eigenvalue weighted by atomic mass is 10.1. The molecule has 0 aliphatic carbocycles. The summed E-state index contributed by atoms with van der Waals surface area (Å²) in [6.45, 7) is 5.86. The molecule has 2 amide bonds. The molecule has 1 atom stereocenters. The van der Waals surface area contributed by atoms with Gasteiger partial charge in [0.05, 0.1) is 6.04 Å². The predicted molar refractivity (Wildman–Crippen MR) is 96.0 cm³/mol. The van der Waals surface area contributed by atoms with E-state index in [0.29, 0.717) is 40.8 Å². The Bertz CT molecular complexity index is 552. The highest BCUT2D eigenvalue weighted by Crippen LogP contribution is 2.24. The number of unbranched alkanes of at least 4 members (excludes halogenated alkanes) is 1. The van der Waals surface area contributed by atoms with Gasteiger partial charge < -0.3 is 25.5 Å². The van der Waals surface area contributed by atoms with E-state index in [1.54, 1.807) is 20.8 Å². The number of amides is 2. The van der Waals surface area contributed by atoms with E-state index in [9.17, 15) is 9.59 Å². The van der Waals surface area contributed by atoms with Crippen molar-refractivity contribution in [2.75, 3.05) is 6.54 Å². The summed E-state index contributed by atoms with van der Waals surface area (Å²) in [5.41, 5.74) is -0.527. The molecule has 0 bridgehead atoms. The number of nitrogens with zero attached hydrogens (tertiary/aromatic N) is 1. The highest BCUT2D eigenvalue weighted by molar-refractivity contribution is 9.13. The number of carboxylic acid groups (broad SMARTS) is 1. The monoisotopic (exact) mass is 468 g/mol. The van der Waals surface area contributed by atoms with Crippen LogP contribution in [0.25, 0.3) is 0 Å². The number of aromatic nitrogens is 2. The minimum Gasteiger partial charge on any atom is -0.465 e. The molecule has 4 N–H and O–H groups in total. The number of nitrogens with one attached hydrogen (secondary N) is 3. The molecule has 24 heavy (non-hydrogen) atoms. The summed E-state index contributed by atoms with van der Waals surface area (Å²) < 4.78 is 6.38. The zero-order chi connectivity index (χ0) is 18.3. The fourth-order valence-electron chi connectivity index (χ4n) is 1.92. The molecule has 0 aliphatic heterocycles. The average Bonchev–Trinajstić information content (AvgIpc) is 2.74. The molecule has 1 aromatic heterocycles. The summed E-state index contributed by atoms with van der Waals surface area (Å²) in [6.07, 6.45) is 0.378. The summed E-state index contributed by atoms with van der Waals surface area (Å²) in [5, 5.41) is 14.1. The molecule has 136 valence electrons. The second-order valence-electron chi connectivity index (χ2n) is 6.15. The summed E-state index contributed by atoms with van der Waals surface area (Å²) in [4.78, 5) is 29.7. The van der Waals surface area contributed by atoms with Crippen molar-refractivity contribution in [1.29, 1.82) is 0 Å². The lowest BCUT2D eigenvalue weighted by Crippen LogP contribution is -2.33. The zero-order valence-corrected chi connectivity index (χ0v) is 17.0. The minimum atomic E-state index is -1.12. The molecule has 1 aromatic rings. The van der Waals surface area contributed by atoms with Crippen LogP contribution in [0.5, 0.6) is 0 Å². The normalized spacial score (nSPS) is 12.5. The number of rotatable bonds is 7. The highest BCUT2D eigenvalue weighted by Gasteiger charge is 2.19. The maximum Gasteiger partial charge on any atom is 0.407 e. The number of H-pyrrole nitrogens is 1. The van der Waals surface area contributed by atoms with Crippen molar-refractivity contribution in [3.63, 3.8) is 0 Å². The third kappa shape index (κ3) is 8.00. The van der Waals surface area contributed by atoms with Gasteiger partial charge in [0, 0.05) is 6.54 Å². The Kier molecular flexibility index (Phi) is 8.01. The van der Waals surface area contributed by atoms with Gasteiger partial charge in [-0.2, -0.15) is 0 Å². The number of imidazole rings is 1. The Labute approximate surface area is 157 Å². The maximum absolute atomic E-state index is 11.5. The van der Waals surface area contributed by atoms with Crippen molar-refractivity contribution in [3.8, 4) is 0 Å². The molecule has 0 saturated heterocycles. The van der Waals surface area contributed by atoms with Gasteiger partial charge in [0.15, 0.2) is 0 Å². The number of hydrogen-bond donors (Lipinski definition) is 4. The Morgan fingerprint density at radius 2 is 2.00 bits per heavy atom. The molecule has 0 aromatic carbocycles. The molecule has 1 unspecified atom stereocenters. The number of ether oxygens (including phenoxy) is 1. The van der Waals surface area contributed by atoms with Crippen molar-refractivity contribution < 1.29 is 19.4 Å².